The zero-order valence-corrected chi connectivity index (χ0v) is 16.7. The van der Waals surface area contributed by atoms with Crippen LogP contribution >= 0.6 is 11.6 Å². The lowest BCUT2D eigenvalue weighted by Crippen LogP contribution is -2.38. The summed E-state index contributed by atoms with van der Waals surface area (Å²) in [6.45, 7) is 0.260. The second-order valence-corrected chi connectivity index (χ2v) is 6.75. The van der Waals surface area contributed by atoms with Gasteiger partial charge in [0.15, 0.2) is 0 Å². The first-order valence-electron chi connectivity index (χ1n) is 9.33. The Hall–Kier alpha value is -3.12. The maximum absolute atomic E-state index is 13.7. The summed E-state index contributed by atoms with van der Waals surface area (Å²) in [5.41, 5.74) is -0.623. The van der Waals surface area contributed by atoms with Crippen molar-refractivity contribution in [1.29, 1.82) is 0 Å². The van der Waals surface area contributed by atoms with Crippen LogP contribution in [0.5, 0.6) is 17.2 Å². The normalized spacial score (nSPS) is 11.6. The van der Waals surface area contributed by atoms with Crippen molar-refractivity contribution in [2.24, 2.45) is 0 Å². The number of rotatable bonds is 9. The first-order valence-corrected chi connectivity index (χ1v) is 9.87. The fourth-order valence-electron chi connectivity index (χ4n) is 2.71. The van der Waals surface area contributed by atoms with E-state index in [4.69, 9.17) is 21.1 Å². The number of benzene rings is 3. The molecule has 0 spiro atoms. The van der Waals surface area contributed by atoms with Gasteiger partial charge in [-0.15, -0.1) is 11.6 Å². The van der Waals surface area contributed by atoms with Gasteiger partial charge in [-0.1, -0.05) is 24.3 Å². The monoisotopic (exact) mass is 431 g/mol. The van der Waals surface area contributed by atoms with Gasteiger partial charge in [-0.05, 0) is 48.5 Å². The van der Waals surface area contributed by atoms with Gasteiger partial charge in [0.05, 0.1) is 6.61 Å². The van der Waals surface area contributed by atoms with E-state index in [1.54, 1.807) is 24.3 Å². The second kappa shape index (κ2) is 10.6. The van der Waals surface area contributed by atoms with Gasteiger partial charge in [0.25, 0.3) is 5.91 Å². The van der Waals surface area contributed by atoms with Crippen LogP contribution < -0.4 is 14.8 Å². The van der Waals surface area contributed by atoms with Crippen LogP contribution in [0.15, 0.2) is 72.8 Å². The summed E-state index contributed by atoms with van der Waals surface area (Å²) < 4.78 is 38.8. The Morgan fingerprint density at radius 2 is 1.47 bits per heavy atom. The molecule has 156 valence electrons. The average Bonchev–Trinajstić information content (AvgIpc) is 2.75. The predicted octanol–water partition coefficient (Wildman–Crippen LogP) is 5.56. The fraction of sp³-hybridized carbons (Fsp3) is 0.174. The third kappa shape index (κ3) is 5.94. The Kier molecular flexibility index (Phi) is 7.63. The van der Waals surface area contributed by atoms with Crippen molar-refractivity contribution in [3.05, 3.63) is 90.0 Å². The molecular weight excluding hydrogens is 412 g/mol. The van der Waals surface area contributed by atoms with Gasteiger partial charge in [-0.25, -0.2) is 8.78 Å². The molecule has 1 N–H and O–H groups in total. The third-order valence-corrected chi connectivity index (χ3v) is 4.62. The van der Waals surface area contributed by atoms with E-state index in [1.807, 2.05) is 30.3 Å². The van der Waals surface area contributed by atoms with Gasteiger partial charge >= 0.3 is 0 Å². The molecule has 0 saturated heterocycles. The van der Waals surface area contributed by atoms with Crippen LogP contribution in [0.4, 0.5) is 8.78 Å². The van der Waals surface area contributed by atoms with Gasteiger partial charge in [0.1, 0.15) is 34.4 Å². The summed E-state index contributed by atoms with van der Waals surface area (Å²) in [5.74, 6) is -0.585. The number of ether oxygens (including phenoxy) is 2. The lowest BCUT2D eigenvalue weighted by Gasteiger charge is -2.17. The molecule has 1 atom stereocenters. The maximum Gasteiger partial charge on any atom is 0.257 e. The van der Waals surface area contributed by atoms with Gasteiger partial charge in [0, 0.05) is 18.3 Å². The molecule has 0 heterocycles. The van der Waals surface area contributed by atoms with Crippen molar-refractivity contribution in [3.63, 3.8) is 0 Å². The van der Waals surface area contributed by atoms with Crippen LogP contribution in [0.3, 0.4) is 0 Å². The van der Waals surface area contributed by atoms with Crippen molar-refractivity contribution in [2.75, 3.05) is 12.5 Å². The van der Waals surface area contributed by atoms with Crippen molar-refractivity contribution < 1.29 is 23.0 Å². The standard InChI is InChI=1S/C23H20ClF2NO3/c24-15-16(27-23(28)22-20(25)7-4-8-21(22)26)13-14-29-17-9-11-19(12-10-17)30-18-5-2-1-3-6-18/h1-12,16H,13-15H2,(H,27,28). The molecule has 1 unspecified atom stereocenters. The SMILES string of the molecule is O=C(NC(CCl)CCOc1ccc(Oc2ccccc2)cc1)c1c(F)cccc1F. The molecule has 30 heavy (non-hydrogen) atoms. The van der Waals surface area contributed by atoms with Crippen molar-refractivity contribution in [1.82, 2.24) is 5.32 Å². The Labute approximate surface area is 178 Å². The quantitative estimate of drug-likeness (QED) is 0.451. The Morgan fingerprint density at radius 1 is 0.867 bits per heavy atom. The molecule has 3 aromatic carbocycles. The topological polar surface area (TPSA) is 47.6 Å². The number of hydrogen-bond donors (Lipinski definition) is 1. The summed E-state index contributed by atoms with van der Waals surface area (Å²) in [4.78, 5) is 12.2. The molecule has 0 aromatic heterocycles. The molecule has 0 fully saturated rings. The zero-order chi connectivity index (χ0) is 21.3. The van der Waals surface area contributed by atoms with Crippen LogP contribution in [-0.2, 0) is 0 Å². The van der Waals surface area contributed by atoms with Crippen LogP contribution in [0, 0.1) is 11.6 Å². The van der Waals surface area contributed by atoms with Crippen LogP contribution in [0.1, 0.15) is 16.8 Å². The van der Waals surface area contributed by atoms with E-state index >= 15 is 0 Å². The molecule has 0 radical (unpaired) electrons. The molecule has 3 aromatic rings. The fourth-order valence-corrected chi connectivity index (χ4v) is 2.94. The van der Waals surface area contributed by atoms with Crippen LogP contribution in [-0.4, -0.2) is 24.4 Å². The average molecular weight is 432 g/mol. The summed E-state index contributed by atoms with van der Waals surface area (Å²) in [7, 11) is 0. The highest BCUT2D eigenvalue weighted by Crippen LogP contribution is 2.23. The van der Waals surface area contributed by atoms with Crippen LogP contribution in [0.2, 0.25) is 0 Å². The van der Waals surface area contributed by atoms with E-state index in [9.17, 15) is 13.6 Å². The Morgan fingerprint density at radius 3 is 2.10 bits per heavy atom. The molecule has 4 nitrogen and oxygen atoms in total. The zero-order valence-electron chi connectivity index (χ0n) is 16.0. The lowest BCUT2D eigenvalue weighted by atomic mass is 10.1. The largest absolute Gasteiger partial charge is 0.494 e. The summed E-state index contributed by atoms with van der Waals surface area (Å²) in [6.07, 6.45) is 0.369. The summed E-state index contributed by atoms with van der Waals surface area (Å²) in [6, 6.07) is 19.3. The molecule has 7 heteroatoms. The van der Waals surface area contributed by atoms with E-state index in [-0.39, 0.29) is 12.5 Å². The molecule has 0 saturated carbocycles. The predicted molar refractivity (Wildman–Crippen MR) is 111 cm³/mol. The minimum atomic E-state index is -0.921. The third-order valence-electron chi connectivity index (χ3n) is 4.25. The molecule has 0 aliphatic heterocycles. The minimum Gasteiger partial charge on any atom is -0.494 e. The van der Waals surface area contributed by atoms with Crippen LogP contribution in [0.25, 0.3) is 0 Å². The highest BCUT2D eigenvalue weighted by molar-refractivity contribution is 6.18. The number of halogens is 3. The lowest BCUT2D eigenvalue weighted by molar-refractivity contribution is 0.0927. The first-order chi connectivity index (χ1) is 14.6. The smallest absolute Gasteiger partial charge is 0.257 e. The molecule has 1 amide bonds. The van der Waals surface area contributed by atoms with E-state index in [0.717, 1.165) is 17.9 Å². The number of hydrogen-bond acceptors (Lipinski definition) is 3. The van der Waals surface area contributed by atoms with Crippen molar-refractivity contribution in [2.45, 2.75) is 12.5 Å². The molecule has 0 bridgehead atoms. The molecular formula is C23H20ClF2NO3. The van der Waals surface area contributed by atoms with Gasteiger partial charge in [-0.3, -0.25) is 4.79 Å². The number of nitrogens with one attached hydrogen (secondary N) is 1. The second-order valence-electron chi connectivity index (χ2n) is 6.45. The van der Waals surface area contributed by atoms with Gasteiger partial charge < -0.3 is 14.8 Å². The first kappa shape index (κ1) is 21.6. The van der Waals surface area contributed by atoms with Gasteiger partial charge in [0.2, 0.25) is 0 Å². The van der Waals surface area contributed by atoms with Crippen molar-refractivity contribution in [3.8, 4) is 17.2 Å². The molecule has 0 aliphatic carbocycles. The highest BCUT2D eigenvalue weighted by Gasteiger charge is 2.20. The summed E-state index contributed by atoms with van der Waals surface area (Å²) >= 11 is 5.88. The molecule has 0 aliphatic rings. The molecule has 3 rings (SSSR count). The van der Waals surface area contributed by atoms with Gasteiger partial charge in [-0.2, -0.15) is 0 Å². The van der Waals surface area contributed by atoms with E-state index in [0.29, 0.717) is 17.9 Å². The van der Waals surface area contributed by atoms with E-state index in [1.165, 1.54) is 6.07 Å². The number of carbonyl (C=O) groups is 1. The number of amides is 1. The van der Waals surface area contributed by atoms with E-state index in [2.05, 4.69) is 5.32 Å². The highest BCUT2D eigenvalue weighted by atomic mass is 35.5. The van der Waals surface area contributed by atoms with Crippen molar-refractivity contribution >= 4 is 17.5 Å². The Bertz CT molecular complexity index is 948. The van der Waals surface area contributed by atoms with E-state index < -0.39 is 29.1 Å². The Balaban J connectivity index is 1.49. The summed E-state index contributed by atoms with van der Waals surface area (Å²) in [5, 5.41) is 2.54. The minimum absolute atomic E-state index is 0.0784. The maximum atomic E-state index is 13.7. The number of alkyl halides is 1. The number of carbonyl (C=O) groups excluding carboxylic acids is 1. The number of para-hydroxylation sites is 1.